The van der Waals surface area contributed by atoms with Crippen LogP contribution >= 0.6 is 11.8 Å². The maximum Gasteiger partial charge on any atom is 0.274 e. The highest BCUT2D eigenvalue weighted by atomic mass is 32.2. The zero-order chi connectivity index (χ0) is 20.1. The number of amides is 1. The summed E-state index contributed by atoms with van der Waals surface area (Å²) in [6.45, 7) is 1.92. The van der Waals surface area contributed by atoms with Crippen LogP contribution in [0.3, 0.4) is 0 Å². The Kier molecular flexibility index (Phi) is 5.57. The number of nitriles is 2. The summed E-state index contributed by atoms with van der Waals surface area (Å²) < 4.78 is 0. The molecule has 0 spiro atoms. The topological polar surface area (TPSA) is 141 Å². The number of carbonyl (C=O) groups excluding carboxylic acids is 1. The van der Waals surface area contributed by atoms with E-state index in [0.29, 0.717) is 35.0 Å². The molecule has 0 saturated carbocycles. The summed E-state index contributed by atoms with van der Waals surface area (Å²) >= 11 is 1.40. The second-order valence-corrected chi connectivity index (χ2v) is 7.78. The fourth-order valence-corrected chi connectivity index (χ4v) is 4.10. The summed E-state index contributed by atoms with van der Waals surface area (Å²) in [5.41, 5.74) is 7.07. The number of amidine groups is 1. The van der Waals surface area contributed by atoms with Crippen molar-refractivity contribution in [1.29, 1.82) is 10.5 Å². The summed E-state index contributed by atoms with van der Waals surface area (Å²) in [5.74, 6) is -0.392. The van der Waals surface area contributed by atoms with E-state index in [1.54, 1.807) is 18.3 Å². The summed E-state index contributed by atoms with van der Waals surface area (Å²) in [4.78, 5) is 25.3. The number of pyridine rings is 2. The smallest absolute Gasteiger partial charge is 0.274 e. The van der Waals surface area contributed by atoms with Gasteiger partial charge in [0.2, 0.25) is 0 Å². The minimum atomic E-state index is -0.676. The molecule has 0 fully saturated rings. The Morgan fingerprint density at radius 2 is 2.21 bits per heavy atom. The predicted molar refractivity (Wildman–Crippen MR) is 106 cm³/mol. The van der Waals surface area contributed by atoms with Gasteiger partial charge >= 0.3 is 0 Å². The van der Waals surface area contributed by atoms with Gasteiger partial charge in [-0.2, -0.15) is 10.5 Å². The van der Waals surface area contributed by atoms with Crippen molar-refractivity contribution >= 4 is 28.5 Å². The first-order chi connectivity index (χ1) is 13.4. The number of aromatic nitrogens is 2. The lowest BCUT2D eigenvalue weighted by Crippen LogP contribution is -2.34. The normalized spacial score (nSPS) is 21.1. The fourth-order valence-electron chi connectivity index (χ4n) is 2.94. The first-order valence-electron chi connectivity index (χ1n) is 8.46. The molecule has 2 aromatic heterocycles. The number of hydrogen-bond acceptors (Lipinski definition) is 8. The Bertz CT molecular complexity index is 1010. The highest BCUT2D eigenvalue weighted by Gasteiger charge is 2.36. The molecular weight excluding hydrogens is 374 g/mol. The lowest BCUT2D eigenvalue weighted by molar-refractivity contribution is 0.102. The first-order valence-corrected chi connectivity index (χ1v) is 9.34. The number of nitrogens with two attached hydrogens (primary N) is 1. The van der Waals surface area contributed by atoms with E-state index >= 15 is 0 Å². The Hall–Kier alpha value is -3.43. The lowest BCUT2D eigenvalue weighted by atomic mass is 9.90. The van der Waals surface area contributed by atoms with Gasteiger partial charge in [0.1, 0.15) is 17.3 Å². The molecule has 1 aliphatic heterocycles. The summed E-state index contributed by atoms with van der Waals surface area (Å²) in [7, 11) is 0. The number of anilines is 1. The van der Waals surface area contributed by atoms with Crippen molar-refractivity contribution in [2.45, 2.75) is 30.6 Å². The van der Waals surface area contributed by atoms with E-state index in [1.807, 2.05) is 13.0 Å². The van der Waals surface area contributed by atoms with Gasteiger partial charge in [-0.3, -0.25) is 9.78 Å². The molecule has 9 heteroatoms. The van der Waals surface area contributed by atoms with E-state index in [0.717, 1.165) is 0 Å². The van der Waals surface area contributed by atoms with Crippen LogP contribution in [0, 0.1) is 22.7 Å². The molecule has 3 N–H and O–H groups in total. The van der Waals surface area contributed by atoms with Crippen LogP contribution < -0.4 is 11.1 Å². The summed E-state index contributed by atoms with van der Waals surface area (Å²) in [6, 6.07) is 10.6. The molecule has 0 aliphatic carbocycles. The summed E-state index contributed by atoms with van der Waals surface area (Å²) in [5, 5.41) is 21.1. The van der Waals surface area contributed by atoms with Crippen molar-refractivity contribution in [3.05, 3.63) is 53.6 Å². The number of rotatable bonds is 4. The number of thioether (sulfide) groups is 1. The Labute approximate surface area is 166 Å². The minimum absolute atomic E-state index is 0.0374. The standard InChI is InChI=1S/C19H17N7OS/c1-19(9-14(4-6-20)28-18(22)26-19)16-8-13(5-7-23-16)25-17(27)15-3-2-12(10-21)11-24-15/h2-3,5,7-8,11,14H,4,9H2,1H3,(H2,22,26)(H,23,25,27)/t14-,19+/m1/s1. The van der Waals surface area contributed by atoms with Crippen LogP contribution in [0.1, 0.15) is 41.5 Å². The molecule has 3 heterocycles. The number of hydrogen-bond donors (Lipinski definition) is 2. The van der Waals surface area contributed by atoms with Crippen molar-refractivity contribution < 1.29 is 4.79 Å². The average Bonchev–Trinajstić information content (AvgIpc) is 2.68. The molecule has 1 amide bonds. The third-order valence-corrected chi connectivity index (χ3v) is 5.28. The molecule has 0 aromatic carbocycles. The average molecular weight is 391 g/mol. The predicted octanol–water partition coefficient (Wildman–Crippen LogP) is 2.55. The SMILES string of the molecule is C[C@@]1(c2cc(NC(=O)c3ccc(C#N)cn3)ccn2)C[C@@H](CC#N)SC(N)=N1. The molecule has 2 aromatic rings. The highest BCUT2D eigenvalue weighted by molar-refractivity contribution is 8.14. The molecule has 0 unspecified atom stereocenters. The summed E-state index contributed by atoms with van der Waals surface area (Å²) in [6.07, 6.45) is 3.93. The van der Waals surface area contributed by atoms with Crippen LogP contribution in [0.25, 0.3) is 0 Å². The third kappa shape index (κ3) is 4.27. The van der Waals surface area contributed by atoms with Crippen LogP contribution in [0.5, 0.6) is 0 Å². The molecule has 2 atom stereocenters. The van der Waals surface area contributed by atoms with Crippen LogP contribution in [0.15, 0.2) is 41.7 Å². The van der Waals surface area contributed by atoms with Crippen LogP contribution in [0.2, 0.25) is 0 Å². The molecular formula is C19H17N7OS. The molecule has 140 valence electrons. The fraction of sp³-hybridized carbons (Fsp3) is 0.263. The van der Waals surface area contributed by atoms with Gasteiger partial charge < -0.3 is 11.1 Å². The zero-order valence-electron chi connectivity index (χ0n) is 15.1. The van der Waals surface area contributed by atoms with Gasteiger partial charge in [-0.25, -0.2) is 9.98 Å². The zero-order valence-corrected chi connectivity index (χ0v) is 15.9. The van der Waals surface area contributed by atoms with E-state index in [4.69, 9.17) is 16.3 Å². The van der Waals surface area contributed by atoms with Gasteiger partial charge in [-0.15, -0.1) is 0 Å². The van der Waals surface area contributed by atoms with Gasteiger partial charge in [0.25, 0.3) is 5.91 Å². The van der Waals surface area contributed by atoms with Crippen LogP contribution in [-0.2, 0) is 5.54 Å². The van der Waals surface area contributed by atoms with Gasteiger partial charge in [0, 0.05) is 29.8 Å². The molecule has 28 heavy (non-hydrogen) atoms. The van der Waals surface area contributed by atoms with Gasteiger partial charge in [-0.05, 0) is 37.6 Å². The largest absolute Gasteiger partial charge is 0.379 e. The van der Waals surface area contributed by atoms with E-state index < -0.39 is 11.4 Å². The molecule has 0 radical (unpaired) electrons. The van der Waals surface area contributed by atoms with Crippen LogP contribution in [0.4, 0.5) is 5.69 Å². The van der Waals surface area contributed by atoms with Gasteiger partial charge in [0.05, 0.1) is 17.3 Å². The van der Waals surface area contributed by atoms with Crippen molar-refractivity contribution in [3.8, 4) is 12.1 Å². The maximum atomic E-state index is 12.4. The maximum absolute atomic E-state index is 12.4. The monoisotopic (exact) mass is 391 g/mol. The molecule has 1 aliphatic rings. The quantitative estimate of drug-likeness (QED) is 0.815. The van der Waals surface area contributed by atoms with Crippen molar-refractivity contribution in [1.82, 2.24) is 9.97 Å². The van der Waals surface area contributed by atoms with E-state index in [1.165, 1.54) is 30.1 Å². The first kappa shape index (κ1) is 19.3. The Morgan fingerprint density at radius 1 is 1.39 bits per heavy atom. The van der Waals surface area contributed by atoms with Gasteiger partial charge in [-0.1, -0.05) is 11.8 Å². The van der Waals surface area contributed by atoms with E-state index in [9.17, 15) is 4.79 Å². The van der Waals surface area contributed by atoms with Crippen molar-refractivity contribution in [3.63, 3.8) is 0 Å². The van der Waals surface area contributed by atoms with Crippen LogP contribution in [-0.4, -0.2) is 26.3 Å². The number of nitrogens with zero attached hydrogens (tertiary/aromatic N) is 5. The Morgan fingerprint density at radius 3 is 2.89 bits per heavy atom. The molecule has 0 bridgehead atoms. The van der Waals surface area contributed by atoms with E-state index in [2.05, 4.69) is 26.3 Å². The third-order valence-electron chi connectivity index (χ3n) is 4.28. The molecule has 3 rings (SSSR count). The van der Waals surface area contributed by atoms with Crippen molar-refractivity contribution in [2.24, 2.45) is 10.7 Å². The lowest BCUT2D eigenvalue weighted by Gasteiger charge is -2.33. The Balaban J connectivity index is 1.82. The number of aliphatic imine (C=N–C) groups is 1. The van der Waals surface area contributed by atoms with Crippen molar-refractivity contribution in [2.75, 3.05) is 5.32 Å². The molecule has 8 nitrogen and oxygen atoms in total. The van der Waals surface area contributed by atoms with Gasteiger partial charge in [0.15, 0.2) is 5.17 Å². The number of carbonyl (C=O) groups is 1. The minimum Gasteiger partial charge on any atom is -0.379 e. The van der Waals surface area contributed by atoms with E-state index in [-0.39, 0.29) is 10.9 Å². The molecule has 0 saturated heterocycles. The highest BCUT2D eigenvalue weighted by Crippen LogP contribution is 2.39. The number of nitrogens with one attached hydrogen (secondary N) is 1. The second-order valence-electron chi connectivity index (χ2n) is 6.46. The second kappa shape index (κ2) is 8.07.